The van der Waals surface area contributed by atoms with Crippen molar-refractivity contribution < 1.29 is 0 Å². The molecule has 0 radical (unpaired) electrons. The molecule has 112 valence electrons. The van der Waals surface area contributed by atoms with Crippen molar-refractivity contribution in [2.75, 3.05) is 0 Å². The zero-order valence-corrected chi connectivity index (χ0v) is 13.5. The van der Waals surface area contributed by atoms with E-state index in [-0.39, 0.29) is 16.1 Å². The Bertz CT molecular complexity index is 716. The molecule has 0 saturated carbocycles. The van der Waals surface area contributed by atoms with E-state index >= 15 is 0 Å². The number of hydrogen-bond donors (Lipinski definition) is 0. The summed E-state index contributed by atoms with van der Waals surface area (Å²) in [4.78, 5) is 0. The maximum Gasteiger partial charge on any atom is 0.128 e. The van der Waals surface area contributed by atoms with Crippen LogP contribution in [0.4, 0.5) is 0 Å². The van der Waals surface area contributed by atoms with Gasteiger partial charge < -0.3 is 0 Å². The van der Waals surface area contributed by atoms with Crippen molar-refractivity contribution >= 4 is 11.8 Å². The van der Waals surface area contributed by atoms with Crippen molar-refractivity contribution in [3.63, 3.8) is 0 Å². The Morgan fingerprint density at radius 1 is 0.783 bits per heavy atom. The molecule has 0 bridgehead atoms. The van der Waals surface area contributed by atoms with Crippen molar-refractivity contribution in [1.82, 2.24) is 0 Å². The predicted molar refractivity (Wildman–Crippen MR) is 93.4 cm³/mol. The highest BCUT2D eigenvalue weighted by Gasteiger charge is 2.29. The molecule has 1 saturated heterocycles. The normalized spacial score (nSPS) is 20.3. The van der Waals surface area contributed by atoms with E-state index < -0.39 is 0 Å². The zero-order valence-electron chi connectivity index (χ0n) is 12.6. The molecular formula is C20H16N2S. The highest BCUT2D eigenvalue weighted by Crippen LogP contribution is 2.52. The third-order valence-corrected chi connectivity index (χ3v) is 5.65. The summed E-state index contributed by atoms with van der Waals surface area (Å²) in [5, 5.41) is 19.1. The summed E-state index contributed by atoms with van der Waals surface area (Å²) >= 11 is 1.93. The van der Waals surface area contributed by atoms with Crippen LogP contribution in [0.15, 0.2) is 71.8 Å². The van der Waals surface area contributed by atoms with E-state index in [1.165, 1.54) is 11.1 Å². The summed E-state index contributed by atoms with van der Waals surface area (Å²) in [5.74, 6) is 0. The number of thioether (sulfide) groups is 1. The average Bonchev–Trinajstić information content (AvgIpc) is 2.64. The second kappa shape index (κ2) is 7.18. The molecule has 0 aromatic heterocycles. The van der Waals surface area contributed by atoms with Gasteiger partial charge in [-0.05, 0) is 29.5 Å². The van der Waals surface area contributed by atoms with Gasteiger partial charge in [-0.2, -0.15) is 10.5 Å². The van der Waals surface area contributed by atoms with Gasteiger partial charge in [-0.15, -0.1) is 11.8 Å². The summed E-state index contributed by atoms with van der Waals surface area (Å²) in [6.07, 6.45) is 1.54. The molecule has 0 spiro atoms. The molecule has 3 rings (SSSR count). The fourth-order valence-electron chi connectivity index (χ4n) is 2.94. The van der Waals surface area contributed by atoms with Crippen molar-refractivity contribution in [1.29, 1.82) is 10.5 Å². The zero-order chi connectivity index (χ0) is 16.1. The highest BCUT2D eigenvalue weighted by molar-refractivity contribution is 7.99. The lowest BCUT2D eigenvalue weighted by Gasteiger charge is -2.31. The van der Waals surface area contributed by atoms with E-state index in [0.29, 0.717) is 0 Å². The minimum atomic E-state index is 0.279. The van der Waals surface area contributed by atoms with Crippen LogP contribution in [0.2, 0.25) is 0 Å². The number of nitriles is 2. The number of allylic oxidation sites excluding steroid dienone is 2. The number of rotatable bonds is 2. The minimum absolute atomic E-state index is 0.279. The molecule has 2 unspecified atom stereocenters. The highest BCUT2D eigenvalue weighted by atomic mass is 32.2. The Kier molecular flexibility index (Phi) is 4.81. The van der Waals surface area contributed by atoms with E-state index in [9.17, 15) is 10.5 Å². The van der Waals surface area contributed by atoms with Crippen LogP contribution < -0.4 is 0 Å². The largest absolute Gasteiger partial charge is 0.192 e. The van der Waals surface area contributed by atoms with Gasteiger partial charge >= 0.3 is 0 Å². The van der Waals surface area contributed by atoms with Gasteiger partial charge in [0, 0.05) is 10.5 Å². The second-order valence-electron chi connectivity index (χ2n) is 5.55. The smallest absolute Gasteiger partial charge is 0.128 e. The summed E-state index contributed by atoms with van der Waals surface area (Å²) < 4.78 is 0. The van der Waals surface area contributed by atoms with E-state index in [4.69, 9.17) is 0 Å². The van der Waals surface area contributed by atoms with Crippen LogP contribution in [0.3, 0.4) is 0 Å². The Hall–Kier alpha value is -2.49. The van der Waals surface area contributed by atoms with Crippen LogP contribution in [0, 0.1) is 22.7 Å². The summed E-state index contributed by atoms with van der Waals surface area (Å²) in [6.45, 7) is 0. The van der Waals surface area contributed by atoms with Gasteiger partial charge in [0.05, 0.1) is 0 Å². The van der Waals surface area contributed by atoms with Gasteiger partial charge in [-0.25, -0.2) is 0 Å². The molecule has 2 aromatic carbocycles. The maximum atomic E-state index is 9.25. The lowest BCUT2D eigenvalue weighted by atomic mass is 9.93. The Morgan fingerprint density at radius 2 is 1.22 bits per heavy atom. The summed E-state index contributed by atoms with van der Waals surface area (Å²) in [6, 6.07) is 24.8. The van der Waals surface area contributed by atoms with Gasteiger partial charge in [0.15, 0.2) is 0 Å². The first-order valence-electron chi connectivity index (χ1n) is 7.59. The third kappa shape index (κ3) is 3.47. The monoisotopic (exact) mass is 316 g/mol. The van der Waals surface area contributed by atoms with Crippen molar-refractivity contribution in [2.45, 2.75) is 23.3 Å². The Morgan fingerprint density at radius 3 is 1.61 bits per heavy atom. The number of hydrogen-bond acceptors (Lipinski definition) is 3. The molecule has 2 nitrogen and oxygen atoms in total. The van der Waals surface area contributed by atoms with Gasteiger partial charge in [0.2, 0.25) is 0 Å². The van der Waals surface area contributed by atoms with Crippen LogP contribution in [0.5, 0.6) is 0 Å². The van der Waals surface area contributed by atoms with Gasteiger partial charge in [0.25, 0.3) is 0 Å². The Labute approximate surface area is 141 Å². The van der Waals surface area contributed by atoms with E-state index in [1.54, 1.807) is 0 Å². The molecule has 2 atom stereocenters. The molecule has 0 N–H and O–H groups in total. The van der Waals surface area contributed by atoms with Crippen LogP contribution in [0.1, 0.15) is 34.5 Å². The molecule has 1 aliphatic rings. The Balaban J connectivity index is 1.98. The van der Waals surface area contributed by atoms with Crippen LogP contribution >= 0.6 is 11.8 Å². The number of benzene rings is 2. The summed E-state index contributed by atoms with van der Waals surface area (Å²) in [7, 11) is 0. The first-order valence-corrected chi connectivity index (χ1v) is 8.53. The second-order valence-corrected chi connectivity index (χ2v) is 6.96. The molecular weight excluding hydrogens is 300 g/mol. The van der Waals surface area contributed by atoms with Gasteiger partial charge in [-0.1, -0.05) is 60.7 Å². The van der Waals surface area contributed by atoms with E-state index in [0.717, 1.165) is 18.4 Å². The quantitative estimate of drug-likeness (QED) is 0.703. The SMILES string of the molecule is N#CC(C#N)=C1CC(c2ccccc2)SC(c2ccccc2)C1. The van der Waals surface area contributed by atoms with Gasteiger partial charge in [-0.3, -0.25) is 0 Å². The van der Waals surface area contributed by atoms with Crippen LogP contribution in [-0.2, 0) is 0 Å². The van der Waals surface area contributed by atoms with Crippen LogP contribution in [-0.4, -0.2) is 0 Å². The molecule has 1 fully saturated rings. The van der Waals surface area contributed by atoms with Crippen molar-refractivity contribution in [3.8, 4) is 12.1 Å². The first kappa shape index (κ1) is 15.4. The molecule has 0 amide bonds. The molecule has 1 aliphatic heterocycles. The number of nitrogens with zero attached hydrogens (tertiary/aromatic N) is 2. The lowest BCUT2D eigenvalue weighted by molar-refractivity contribution is 0.764. The van der Waals surface area contributed by atoms with E-state index in [2.05, 4.69) is 36.4 Å². The first-order chi connectivity index (χ1) is 11.3. The van der Waals surface area contributed by atoms with Gasteiger partial charge in [0.1, 0.15) is 17.7 Å². The standard InChI is InChI=1S/C20H16N2S/c21-13-18(14-22)17-11-19(15-7-3-1-4-8-15)23-20(12-17)16-9-5-2-6-10-16/h1-10,19-20H,11-12H2. The molecule has 1 heterocycles. The minimum Gasteiger partial charge on any atom is -0.192 e. The molecule has 23 heavy (non-hydrogen) atoms. The predicted octanol–water partition coefficient (Wildman–Crippen LogP) is 5.34. The maximum absolute atomic E-state index is 9.25. The third-order valence-electron chi connectivity index (χ3n) is 4.11. The molecule has 2 aromatic rings. The average molecular weight is 316 g/mol. The molecule has 3 heteroatoms. The summed E-state index contributed by atoms with van der Waals surface area (Å²) in [5.41, 5.74) is 3.78. The van der Waals surface area contributed by atoms with E-state index in [1.807, 2.05) is 48.2 Å². The molecule has 0 aliphatic carbocycles. The fourth-order valence-corrected chi connectivity index (χ4v) is 4.56. The lowest BCUT2D eigenvalue weighted by Crippen LogP contribution is -2.11. The topological polar surface area (TPSA) is 47.6 Å². The van der Waals surface area contributed by atoms with Crippen molar-refractivity contribution in [2.24, 2.45) is 0 Å². The van der Waals surface area contributed by atoms with Crippen molar-refractivity contribution in [3.05, 3.63) is 82.9 Å². The fraction of sp³-hybridized carbons (Fsp3) is 0.200. The van der Waals surface area contributed by atoms with Crippen LogP contribution in [0.25, 0.3) is 0 Å².